The largest absolute Gasteiger partial charge is 0.463 e. The van der Waals surface area contributed by atoms with Gasteiger partial charge in [-0.15, -0.1) is 4.99 Å². The number of quaternary nitrogens is 1. The first kappa shape index (κ1) is 25.6. The highest BCUT2D eigenvalue weighted by Crippen LogP contribution is 2.33. The number of nitrogens with zero attached hydrogens (tertiary/aromatic N) is 3. The molecule has 0 atom stereocenters. The van der Waals surface area contributed by atoms with Crippen molar-refractivity contribution in [1.82, 2.24) is 9.05 Å². The molecular formula is C24H27ClN3O5S2+. The number of sulfone groups is 1. The van der Waals surface area contributed by atoms with Gasteiger partial charge in [0.25, 0.3) is 0 Å². The predicted molar refractivity (Wildman–Crippen MR) is 138 cm³/mol. The van der Waals surface area contributed by atoms with Crippen LogP contribution in [0.5, 0.6) is 0 Å². The Hall–Kier alpha value is -2.53. The fourth-order valence-corrected chi connectivity index (χ4v) is 7.24. The average molecular weight is 537 g/mol. The molecule has 11 heteroatoms. The molecule has 2 amide bonds. The summed E-state index contributed by atoms with van der Waals surface area (Å²) in [7, 11) is -3.69. The van der Waals surface area contributed by atoms with Crippen LogP contribution in [0, 0.1) is 0 Å². The van der Waals surface area contributed by atoms with Crippen LogP contribution in [0.3, 0.4) is 0 Å². The van der Waals surface area contributed by atoms with E-state index in [4.69, 9.17) is 16.7 Å². The number of carbonyl (C=O) groups is 2. The molecule has 0 bridgehead atoms. The summed E-state index contributed by atoms with van der Waals surface area (Å²) in [6, 6.07) is 10.1. The minimum Gasteiger partial charge on any atom is -0.463 e. The Balaban J connectivity index is 1.62. The summed E-state index contributed by atoms with van der Waals surface area (Å²) < 4.78 is 28.0. The Labute approximate surface area is 212 Å². The van der Waals surface area contributed by atoms with E-state index < -0.39 is 15.9 Å². The van der Waals surface area contributed by atoms with Gasteiger partial charge in [-0.1, -0.05) is 23.7 Å². The van der Waals surface area contributed by atoms with E-state index in [0.717, 1.165) is 30.0 Å². The van der Waals surface area contributed by atoms with Crippen molar-refractivity contribution in [2.75, 3.05) is 18.8 Å². The van der Waals surface area contributed by atoms with Crippen LogP contribution in [0.15, 0.2) is 52.5 Å². The molecule has 3 aromatic rings. The van der Waals surface area contributed by atoms with Gasteiger partial charge in [0.1, 0.15) is 0 Å². The molecule has 1 aliphatic rings. The van der Waals surface area contributed by atoms with Gasteiger partial charge in [-0.2, -0.15) is 0 Å². The third-order valence-corrected chi connectivity index (χ3v) is 9.56. The maximum absolute atomic E-state index is 13.6. The van der Waals surface area contributed by atoms with Crippen LogP contribution in [-0.2, 0) is 21.2 Å². The number of hydrogen-bond acceptors (Lipinski definition) is 5. The molecule has 0 unspecified atom stereocenters. The van der Waals surface area contributed by atoms with Gasteiger partial charge >= 0.3 is 12.0 Å². The third-order valence-electron chi connectivity index (χ3n) is 6.44. The lowest BCUT2D eigenvalue weighted by Crippen LogP contribution is -2.57. The summed E-state index contributed by atoms with van der Waals surface area (Å²) in [4.78, 5) is 28.9. The molecular weight excluding hydrogens is 510 g/mol. The van der Waals surface area contributed by atoms with Crippen molar-refractivity contribution in [3.63, 3.8) is 0 Å². The van der Waals surface area contributed by atoms with E-state index >= 15 is 0 Å². The number of aryl methyl sites for hydroxylation is 1. The number of carboxylic acid groups (broad SMARTS) is 1. The summed E-state index contributed by atoms with van der Waals surface area (Å²) in [6.07, 6.45) is 3.04. The van der Waals surface area contributed by atoms with Crippen molar-refractivity contribution in [2.24, 2.45) is 4.99 Å². The molecule has 0 spiro atoms. The lowest BCUT2D eigenvalue weighted by Gasteiger charge is -2.36. The fourth-order valence-electron chi connectivity index (χ4n) is 4.55. The van der Waals surface area contributed by atoms with E-state index in [1.807, 2.05) is 6.92 Å². The molecule has 186 valence electrons. The number of likely N-dealkylation sites (tertiary alicyclic amines) is 1. The van der Waals surface area contributed by atoms with Gasteiger partial charge < -0.3 is 9.67 Å². The van der Waals surface area contributed by atoms with Gasteiger partial charge in [0, 0.05) is 11.6 Å². The monoisotopic (exact) mass is 536 g/mol. The van der Waals surface area contributed by atoms with Gasteiger partial charge in [0.2, 0.25) is 9.80 Å². The molecule has 1 N–H and O–H groups in total. The lowest BCUT2D eigenvalue weighted by molar-refractivity contribution is -0.130. The molecule has 0 aliphatic carbocycles. The number of rotatable bonds is 6. The standard InChI is InChI=1S/C24H26ClN3O5S2/c1-2-27-16-22(34-23(27)26-24(30)31)28(11-4-3-5-12-28)21(29)10-13-35(32,33)20-9-7-17-14-19(25)8-6-18(17)15-20/h6-9,14-16H,2-5,10-13H2,1H3/p+1. The number of amides is 2. The molecule has 4 rings (SSSR count). The van der Waals surface area contributed by atoms with E-state index in [1.54, 1.807) is 47.2 Å². The van der Waals surface area contributed by atoms with E-state index in [9.17, 15) is 18.0 Å². The first-order chi connectivity index (χ1) is 16.6. The molecule has 0 radical (unpaired) electrons. The zero-order valence-electron chi connectivity index (χ0n) is 19.3. The number of piperidine rings is 1. The van der Waals surface area contributed by atoms with Crippen LogP contribution < -0.4 is 9.28 Å². The van der Waals surface area contributed by atoms with Crippen molar-refractivity contribution >= 4 is 60.5 Å². The molecule has 2 heterocycles. The van der Waals surface area contributed by atoms with Crippen molar-refractivity contribution in [2.45, 2.75) is 44.0 Å². The Morgan fingerprint density at radius 3 is 2.49 bits per heavy atom. The smallest absolute Gasteiger partial charge is 0.433 e. The van der Waals surface area contributed by atoms with Crippen molar-refractivity contribution in [3.8, 4) is 0 Å². The van der Waals surface area contributed by atoms with Crippen LogP contribution >= 0.6 is 22.9 Å². The van der Waals surface area contributed by atoms with Crippen LogP contribution in [0.4, 0.5) is 9.80 Å². The average Bonchev–Trinajstić information content (AvgIpc) is 3.25. The molecule has 1 aromatic heterocycles. The summed E-state index contributed by atoms with van der Waals surface area (Å²) in [5.41, 5.74) is 0. The zero-order valence-corrected chi connectivity index (χ0v) is 21.7. The minimum atomic E-state index is -3.69. The summed E-state index contributed by atoms with van der Waals surface area (Å²) >= 11 is 7.21. The number of fused-ring (bicyclic) bond motifs is 1. The number of benzene rings is 2. The quantitative estimate of drug-likeness (QED) is 0.454. The highest BCUT2D eigenvalue weighted by molar-refractivity contribution is 7.91. The van der Waals surface area contributed by atoms with Crippen molar-refractivity contribution in [1.29, 1.82) is 0 Å². The van der Waals surface area contributed by atoms with Crippen LogP contribution in [0.1, 0.15) is 32.6 Å². The van der Waals surface area contributed by atoms with E-state index in [-0.39, 0.29) is 27.5 Å². The van der Waals surface area contributed by atoms with Crippen LogP contribution in [0.25, 0.3) is 10.8 Å². The van der Waals surface area contributed by atoms with Gasteiger partial charge in [0.05, 0.1) is 36.4 Å². The van der Waals surface area contributed by atoms with E-state index in [1.165, 1.54) is 11.3 Å². The Morgan fingerprint density at radius 1 is 1.11 bits per heavy atom. The van der Waals surface area contributed by atoms with Gasteiger partial charge in [-0.25, -0.2) is 22.5 Å². The van der Waals surface area contributed by atoms with Gasteiger partial charge in [-0.05, 0) is 72.6 Å². The van der Waals surface area contributed by atoms with Crippen molar-refractivity contribution < 1.29 is 23.1 Å². The topological polar surface area (TPSA) is 106 Å². The SMILES string of the molecule is CCn1cc([N+]2(C(=O)CCS(=O)(=O)c3ccc4cc(Cl)ccc4c3)CCCCC2)sc1=NC(=O)O. The second-order valence-electron chi connectivity index (χ2n) is 8.62. The number of halogens is 1. The van der Waals surface area contributed by atoms with Crippen LogP contribution in [0.2, 0.25) is 5.02 Å². The predicted octanol–water partition coefficient (Wildman–Crippen LogP) is 4.84. The maximum atomic E-state index is 13.6. The number of hydrogen-bond donors (Lipinski definition) is 1. The van der Waals surface area contributed by atoms with E-state index in [2.05, 4.69) is 4.99 Å². The highest BCUT2D eigenvalue weighted by Gasteiger charge is 2.42. The Bertz CT molecular complexity index is 1450. The summed E-state index contributed by atoms with van der Waals surface area (Å²) in [6.45, 7) is 3.51. The van der Waals surface area contributed by atoms with Gasteiger partial charge in [0.15, 0.2) is 9.84 Å². The van der Waals surface area contributed by atoms with E-state index in [0.29, 0.717) is 34.5 Å². The Morgan fingerprint density at radius 2 is 1.80 bits per heavy atom. The Kier molecular flexibility index (Phi) is 7.46. The molecule has 1 aliphatic heterocycles. The maximum Gasteiger partial charge on any atom is 0.433 e. The zero-order chi connectivity index (χ0) is 25.2. The third kappa shape index (κ3) is 5.35. The molecule has 35 heavy (non-hydrogen) atoms. The summed E-state index contributed by atoms with van der Waals surface area (Å²) in [5.74, 6) is -0.469. The summed E-state index contributed by atoms with van der Waals surface area (Å²) in [5, 5.41) is 12.0. The first-order valence-electron chi connectivity index (χ1n) is 11.5. The molecule has 2 aromatic carbocycles. The fraction of sp³-hybridized carbons (Fsp3) is 0.375. The molecule has 1 fully saturated rings. The van der Waals surface area contributed by atoms with Gasteiger partial charge in [-0.3, -0.25) is 0 Å². The number of carbonyl (C=O) groups excluding carboxylic acids is 1. The second-order valence-corrected chi connectivity index (χ2v) is 12.2. The number of thiazole rings is 1. The van der Waals surface area contributed by atoms with Crippen LogP contribution in [-0.4, -0.2) is 48.9 Å². The molecule has 1 saturated heterocycles. The minimum absolute atomic E-state index is 0.0333. The normalized spacial score (nSPS) is 16.5. The lowest BCUT2D eigenvalue weighted by atomic mass is 10.1. The molecule has 0 saturated carbocycles. The first-order valence-corrected chi connectivity index (χ1v) is 14.3. The van der Waals surface area contributed by atoms with Crippen molar-refractivity contribution in [3.05, 3.63) is 52.4 Å². The second kappa shape index (κ2) is 10.2. The molecule has 8 nitrogen and oxygen atoms in total. The number of aromatic nitrogens is 1. The highest BCUT2D eigenvalue weighted by atomic mass is 35.5.